The number of nitrogens with zero attached hydrogens (tertiary/aromatic N) is 1. The summed E-state index contributed by atoms with van der Waals surface area (Å²) in [5.74, 6) is 0.236. The normalized spacial score (nSPS) is 13.5. The molecule has 5 nitrogen and oxygen atoms in total. The second-order valence-corrected chi connectivity index (χ2v) is 6.73. The number of benzene rings is 2. The molecule has 0 atom stereocenters. The lowest BCUT2D eigenvalue weighted by Crippen LogP contribution is -2.29. The van der Waals surface area contributed by atoms with Crippen LogP contribution in [0.25, 0.3) is 0 Å². The van der Waals surface area contributed by atoms with Crippen LogP contribution in [0.15, 0.2) is 42.5 Å². The molecule has 6 heteroatoms. The number of hydrogen-bond donors (Lipinski definition) is 1. The maximum atomic E-state index is 12.6. The molecule has 2 amide bonds. The quantitative estimate of drug-likeness (QED) is 0.865. The number of likely N-dealkylation sites (tertiary alicyclic amines) is 1. The van der Waals surface area contributed by atoms with Gasteiger partial charge in [0.2, 0.25) is 0 Å². The van der Waals surface area contributed by atoms with Crippen LogP contribution in [0.3, 0.4) is 0 Å². The first-order valence-corrected chi connectivity index (χ1v) is 8.99. The number of anilines is 1. The van der Waals surface area contributed by atoms with Gasteiger partial charge in [-0.1, -0.05) is 23.7 Å². The third-order valence-corrected chi connectivity index (χ3v) is 4.56. The second-order valence-electron chi connectivity index (χ2n) is 6.29. The first-order chi connectivity index (χ1) is 12.5. The maximum Gasteiger partial charge on any atom is 0.262 e. The Balaban J connectivity index is 1.65. The smallest absolute Gasteiger partial charge is 0.262 e. The lowest BCUT2D eigenvalue weighted by molar-refractivity contribution is -0.118. The molecule has 0 saturated carbocycles. The Morgan fingerprint density at radius 2 is 1.88 bits per heavy atom. The number of carbonyl (C=O) groups excluding carboxylic acids is 2. The highest BCUT2D eigenvalue weighted by atomic mass is 35.5. The topological polar surface area (TPSA) is 58.6 Å². The minimum Gasteiger partial charge on any atom is -0.483 e. The molecule has 1 saturated heterocycles. The van der Waals surface area contributed by atoms with Gasteiger partial charge in [0.15, 0.2) is 6.61 Å². The Hall–Kier alpha value is -2.53. The molecule has 3 rings (SSSR count). The van der Waals surface area contributed by atoms with Gasteiger partial charge in [0.1, 0.15) is 5.75 Å². The number of ether oxygens (including phenoxy) is 1. The Kier molecular flexibility index (Phi) is 5.78. The van der Waals surface area contributed by atoms with Crippen molar-refractivity contribution in [2.24, 2.45) is 0 Å². The van der Waals surface area contributed by atoms with Gasteiger partial charge in [0, 0.05) is 18.1 Å². The van der Waals surface area contributed by atoms with Crippen molar-refractivity contribution in [1.29, 1.82) is 0 Å². The van der Waals surface area contributed by atoms with E-state index in [0.29, 0.717) is 22.0 Å². The fourth-order valence-corrected chi connectivity index (χ4v) is 3.20. The van der Waals surface area contributed by atoms with Crippen molar-refractivity contribution < 1.29 is 14.3 Å². The van der Waals surface area contributed by atoms with Crippen LogP contribution in [-0.4, -0.2) is 36.4 Å². The van der Waals surface area contributed by atoms with Crippen LogP contribution in [0.4, 0.5) is 5.69 Å². The molecule has 0 spiro atoms. The van der Waals surface area contributed by atoms with Crippen molar-refractivity contribution in [3.05, 3.63) is 58.6 Å². The lowest BCUT2D eigenvalue weighted by Gasteiger charge is -2.18. The van der Waals surface area contributed by atoms with Crippen molar-refractivity contribution in [2.75, 3.05) is 25.0 Å². The molecular weight excluding hydrogens is 352 g/mol. The third kappa shape index (κ3) is 4.35. The van der Waals surface area contributed by atoms with Crippen LogP contribution in [0, 0.1) is 6.92 Å². The molecule has 1 N–H and O–H groups in total. The molecule has 0 bridgehead atoms. The van der Waals surface area contributed by atoms with E-state index in [1.54, 1.807) is 42.5 Å². The standard InChI is InChI=1S/C20H21ClN2O3/c1-14-12-15(21)8-9-18(14)26-13-19(24)22-17-7-3-2-6-16(17)20(25)23-10-4-5-11-23/h2-3,6-9,12H,4-5,10-11,13H2,1H3,(H,22,24). The van der Waals surface area contributed by atoms with Crippen LogP contribution >= 0.6 is 11.6 Å². The number of halogens is 1. The molecule has 26 heavy (non-hydrogen) atoms. The molecular formula is C20H21ClN2O3. The van der Waals surface area contributed by atoms with Gasteiger partial charge in [-0.2, -0.15) is 0 Å². The molecule has 2 aromatic carbocycles. The molecule has 2 aromatic rings. The molecule has 0 unspecified atom stereocenters. The fraction of sp³-hybridized carbons (Fsp3) is 0.300. The molecule has 1 fully saturated rings. The summed E-state index contributed by atoms with van der Waals surface area (Å²) >= 11 is 5.92. The first-order valence-electron chi connectivity index (χ1n) is 8.62. The SMILES string of the molecule is Cc1cc(Cl)ccc1OCC(=O)Nc1ccccc1C(=O)N1CCCC1. The summed E-state index contributed by atoms with van der Waals surface area (Å²) < 4.78 is 5.56. The average Bonchev–Trinajstić information content (AvgIpc) is 3.15. The summed E-state index contributed by atoms with van der Waals surface area (Å²) in [6.45, 7) is 3.25. The summed E-state index contributed by atoms with van der Waals surface area (Å²) in [6.07, 6.45) is 2.04. The highest BCUT2D eigenvalue weighted by Gasteiger charge is 2.22. The zero-order valence-corrected chi connectivity index (χ0v) is 15.4. The monoisotopic (exact) mass is 372 g/mol. The first kappa shape index (κ1) is 18.3. The highest BCUT2D eigenvalue weighted by Crippen LogP contribution is 2.22. The average molecular weight is 373 g/mol. The summed E-state index contributed by atoms with van der Waals surface area (Å²) in [6, 6.07) is 12.3. The Bertz CT molecular complexity index is 816. The predicted molar refractivity (Wildman–Crippen MR) is 102 cm³/mol. The maximum absolute atomic E-state index is 12.6. The van der Waals surface area contributed by atoms with E-state index < -0.39 is 0 Å². The molecule has 1 aliphatic rings. The van der Waals surface area contributed by atoms with E-state index in [0.717, 1.165) is 31.5 Å². The van der Waals surface area contributed by atoms with Crippen molar-refractivity contribution in [1.82, 2.24) is 4.90 Å². The van der Waals surface area contributed by atoms with Gasteiger partial charge < -0.3 is 15.0 Å². The predicted octanol–water partition coefficient (Wildman–Crippen LogP) is 3.90. The van der Waals surface area contributed by atoms with Crippen LogP contribution in [0.5, 0.6) is 5.75 Å². The van der Waals surface area contributed by atoms with Gasteiger partial charge in [0.05, 0.1) is 11.3 Å². The molecule has 1 heterocycles. The Morgan fingerprint density at radius 3 is 2.62 bits per heavy atom. The van der Waals surface area contributed by atoms with Crippen molar-refractivity contribution in [3.8, 4) is 5.75 Å². The van der Waals surface area contributed by atoms with E-state index in [9.17, 15) is 9.59 Å². The lowest BCUT2D eigenvalue weighted by atomic mass is 10.1. The van der Waals surface area contributed by atoms with Crippen LogP contribution in [0.1, 0.15) is 28.8 Å². The number of para-hydroxylation sites is 1. The second kappa shape index (κ2) is 8.23. The van der Waals surface area contributed by atoms with Gasteiger partial charge >= 0.3 is 0 Å². The summed E-state index contributed by atoms with van der Waals surface area (Å²) in [4.78, 5) is 26.7. The largest absolute Gasteiger partial charge is 0.483 e. The van der Waals surface area contributed by atoms with E-state index in [1.807, 2.05) is 11.8 Å². The Labute approximate surface area is 157 Å². The molecule has 0 radical (unpaired) electrons. The van der Waals surface area contributed by atoms with Gasteiger partial charge in [-0.3, -0.25) is 9.59 Å². The third-order valence-electron chi connectivity index (χ3n) is 4.32. The van der Waals surface area contributed by atoms with Gasteiger partial charge in [-0.05, 0) is 55.7 Å². The summed E-state index contributed by atoms with van der Waals surface area (Å²) in [7, 11) is 0. The number of amides is 2. The minimum absolute atomic E-state index is 0.0483. The van der Waals surface area contributed by atoms with Gasteiger partial charge in [0.25, 0.3) is 11.8 Å². The van der Waals surface area contributed by atoms with Gasteiger partial charge in [-0.25, -0.2) is 0 Å². The van der Waals surface area contributed by atoms with Crippen LogP contribution in [0.2, 0.25) is 5.02 Å². The van der Waals surface area contributed by atoms with Gasteiger partial charge in [-0.15, -0.1) is 0 Å². The van der Waals surface area contributed by atoms with E-state index in [2.05, 4.69) is 5.32 Å². The Morgan fingerprint density at radius 1 is 1.15 bits per heavy atom. The number of hydrogen-bond acceptors (Lipinski definition) is 3. The van der Waals surface area contributed by atoms with E-state index >= 15 is 0 Å². The highest BCUT2D eigenvalue weighted by molar-refractivity contribution is 6.30. The summed E-state index contributed by atoms with van der Waals surface area (Å²) in [5.41, 5.74) is 1.87. The van der Waals surface area contributed by atoms with E-state index in [-0.39, 0.29) is 18.4 Å². The number of nitrogens with one attached hydrogen (secondary N) is 1. The molecule has 136 valence electrons. The molecule has 0 aromatic heterocycles. The fourth-order valence-electron chi connectivity index (χ4n) is 2.97. The van der Waals surface area contributed by atoms with Crippen LogP contribution in [-0.2, 0) is 4.79 Å². The molecule has 0 aliphatic carbocycles. The molecule has 1 aliphatic heterocycles. The van der Waals surface area contributed by atoms with Crippen molar-refractivity contribution in [2.45, 2.75) is 19.8 Å². The van der Waals surface area contributed by atoms with E-state index in [4.69, 9.17) is 16.3 Å². The van der Waals surface area contributed by atoms with Crippen LogP contribution < -0.4 is 10.1 Å². The number of carbonyl (C=O) groups is 2. The van der Waals surface area contributed by atoms with E-state index in [1.165, 1.54) is 0 Å². The number of aryl methyl sites for hydroxylation is 1. The zero-order valence-electron chi connectivity index (χ0n) is 14.6. The summed E-state index contributed by atoms with van der Waals surface area (Å²) in [5, 5.41) is 3.40. The van der Waals surface area contributed by atoms with Crippen molar-refractivity contribution >= 4 is 29.1 Å². The number of rotatable bonds is 5. The minimum atomic E-state index is -0.318. The van der Waals surface area contributed by atoms with Crippen molar-refractivity contribution in [3.63, 3.8) is 0 Å². The zero-order chi connectivity index (χ0) is 18.5.